The van der Waals surface area contributed by atoms with Crippen molar-refractivity contribution in [3.63, 3.8) is 0 Å². The van der Waals surface area contributed by atoms with Gasteiger partial charge in [0.2, 0.25) is 0 Å². The van der Waals surface area contributed by atoms with Gasteiger partial charge in [-0.3, -0.25) is 0 Å². The Labute approximate surface area is 79.0 Å². The third kappa shape index (κ3) is 2.06. The average Bonchev–Trinajstić information content (AvgIpc) is 1.88. The third-order valence-electron chi connectivity index (χ3n) is 0.961. The molecule has 1 heterocycles. The van der Waals surface area contributed by atoms with Gasteiger partial charge in [-0.05, 0) is 0 Å². The van der Waals surface area contributed by atoms with Crippen LogP contribution in [-0.4, -0.2) is 22.7 Å². The molecule has 2 N–H and O–H groups in total. The summed E-state index contributed by atoms with van der Waals surface area (Å²) in [6, 6.07) is 0. The van der Waals surface area contributed by atoms with E-state index in [1.807, 2.05) is 0 Å². The molecule has 1 rings (SSSR count). The molecule has 0 aromatic rings. The van der Waals surface area contributed by atoms with E-state index in [1.165, 1.54) is 0 Å². The normalized spacial score (nSPS) is 27.3. The zero-order chi connectivity index (χ0) is 7.56. The molecule has 0 saturated heterocycles. The molecule has 1 unspecified atom stereocenters. The molecule has 1 aliphatic heterocycles. The summed E-state index contributed by atoms with van der Waals surface area (Å²) < 4.78 is 2.23. The number of alkyl halides is 3. The Morgan fingerprint density at radius 3 is 2.90 bits per heavy atom. The van der Waals surface area contributed by atoms with Crippen LogP contribution in [0.4, 0.5) is 0 Å². The van der Waals surface area contributed by atoms with Gasteiger partial charge < -0.3 is 0 Å². The second-order valence-corrected chi connectivity index (χ2v) is 9.62. The van der Waals surface area contributed by atoms with Crippen LogP contribution >= 0.6 is 0 Å². The van der Waals surface area contributed by atoms with E-state index in [4.69, 9.17) is 10.2 Å². The molecule has 10 heavy (non-hydrogen) atoms. The third-order valence-corrected chi connectivity index (χ3v) is 8.71. The maximum atomic E-state index is 10.4. The second-order valence-electron chi connectivity index (χ2n) is 1.62. The van der Waals surface area contributed by atoms with E-state index in [9.17, 15) is 4.79 Å². The van der Waals surface area contributed by atoms with Crippen molar-refractivity contribution in [2.24, 2.45) is 0 Å². The molecule has 1 aliphatic rings. The first-order valence-electron chi connectivity index (χ1n) is 2.48. The first-order chi connectivity index (χ1) is 4.72. The van der Waals surface area contributed by atoms with Gasteiger partial charge in [-0.2, -0.15) is 0 Å². The van der Waals surface area contributed by atoms with E-state index in [0.29, 0.717) is 0 Å². The van der Waals surface area contributed by atoms with Crippen molar-refractivity contribution < 1.29 is 57.4 Å². The van der Waals surface area contributed by atoms with Crippen molar-refractivity contribution in [3.8, 4) is 0 Å². The molecule has 0 aromatic carbocycles. The molecule has 0 spiro atoms. The molecule has 0 radical (unpaired) electrons. The van der Waals surface area contributed by atoms with Crippen LogP contribution < -0.4 is 42.4 Å². The molecular weight excluding hydrogens is 362 g/mol. The number of aliphatic carboxylic acids is 1. The van der Waals surface area contributed by atoms with Gasteiger partial charge in [0.25, 0.3) is 0 Å². The van der Waals surface area contributed by atoms with Gasteiger partial charge >= 0.3 is 79.6 Å². The standard InChI is InChI=1S/C5H6I2O3/c8-4-3(5(9)10)1-6-2-7-4/h1,4,8H,2H2,(H,9,10)/q-2. The quantitative estimate of drug-likeness (QED) is 0.358. The minimum absolute atomic E-state index is 0.0402. The van der Waals surface area contributed by atoms with Crippen LogP contribution in [0, 0.1) is 0 Å². The van der Waals surface area contributed by atoms with Gasteiger partial charge in [-0.15, -0.1) is 0 Å². The Morgan fingerprint density at radius 2 is 2.50 bits per heavy atom. The number of aliphatic hydroxyl groups is 1. The number of carbonyl (C=O) groups is 1. The average molecular weight is 368 g/mol. The topological polar surface area (TPSA) is 57.5 Å². The van der Waals surface area contributed by atoms with Gasteiger partial charge in [-0.25, -0.2) is 0 Å². The van der Waals surface area contributed by atoms with E-state index in [-0.39, 0.29) is 48.0 Å². The molecule has 0 bridgehead atoms. The fourth-order valence-corrected chi connectivity index (χ4v) is 8.37. The van der Waals surface area contributed by atoms with Crippen molar-refractivity contribution in [1.29, 1.82) is 0 Å². The monoisotopic (exact) mass is 368 g/mol. The van der Waals surface area contributed by atoms with E-state index in [2.05, 4.69) is 0 Å². The maximum absolute atomic E-state index is 10.4. The SMILES string of the molecule is O=C(O)C1=C[I-]C[I-]C1O. The molecule has 0 aliphatic carbocycles. The number of carboxylic acid groups (broad SMARTS) is 1. The van der Waals surface area contributed by atoms with Crippen LogP contribution in [-0.2, 0) is 4.79 Å². The molecule has 5 heteroatoms. The van der Waals surface area contributed by atoms with Crippen LogP contribution in [0.1, 0.15) is 0 Å². The zero-order valence-electron chi connectivity index (χ0n) is 4.92. The fourth-order valence-electron chi connectivity index (χ4n) is 0.485. The Morgan fingerprint density at radius 1 is 1.80 bits per heavy atom. The summed E-state index contributed by atoms with van der Waals surface area (Å²) in [5, 5.41) is 17.7. The molecular formula is C5H6I2O3-2. The van der Waals surface area contributed by atoms with E-state index in [1.54, 1.807) is 4.08 Å². The summed E-state index contributed by atoms with van der Waals surface area (Å²) in [7, 11) is 0. The van der Waals surface area contributed by atoms with Crippen LogP contribution in [0.25, 0.3) is 0 Å². The Hall–Kier alpha value is 0.630. The van der Waals surface area contributed by atoms with Gasteiger partial charge in [0.05, 0.1) is 0 Å². The zero-order valence-corrected chi connectivity index (χ0v) is 9.24. The first kappa shape index (κ1) is 8.72. The van der Waals surface area contributed by atoms with Gasteiger partial charge in [0.1, 0.15) is 0 Å². The number of aliphatic hydroxyl groups excluding tert-OH is 1. The summed E-state index contributed by atoms with van der Waals surface area (Å²) >= 11 is -0.307. The molecule has 0 saturated carbocycles. The van der Waals surface area contributed by atoms with E-state index in [0.717, 1.165) is 2.43 Å². The minimum atomic E-state index is -0.938. The van der Waals surface area contributed by atoms with Crippen LogP contribution in [0.3, 0.4) is 0 Å². The summed E-state index contributed by atoms with van der Waals surface area (Å²) in [4.78, 5) is 10.4. The number of hydrogen-bond donors (Lipinski definition) is 2. The Bertz CT molecular complexity index is 178. The van der Waals surface area contributed by atoms with Crippen molar-refractivity contribution in [1.82, 2.24) is 0 Å². The van der Waals surface area contributed by atoms with Gasteiger partial charge in [-0.1, -0.05) is 0 Å². The molecule has 60 valence electrons. The second kappa shape index (κ2) is 3.86. The molecule has 3 nitrogen and oxygen atoms in total. The van der Waals surface area contributed by atoms with Crippen LogP contribution in [0.2, 0.25) is 0 Å². The number of carboxylic acids is 1. The first-order valence-corrected chi connectivity index (χ1v) is 8.03. The summed E-state index contributed by atoms with van der Waals surface area (Å²) in [5.74, 6) is -0.938. The van der Waals surface area contributed by atoms with Crippen molar-refractivity contribution in [2.45, 2.75) is 4.11 Å². The van der Waals surface area contributed by atoms with Crippen LogP contribution in [0.5, 0.6) is 0 Å². The fraction of sp³-hybridized carbons (Fsp3) is 0.400. The van der Waals surface area contributed by atoms with Gasteiger partial charge in [0, 0.05) is 0 Å². The summed E-state index contributed by atoms with van der Waals surface area (Å²) in [6.07, 6.45) is 0. The van der Waals surface area contributed by atoms with Crippen molar-refractivity contribution in [2.75, 3.05) is 2.43 Å². The molecule has 0 fully saturated rings. The summed E-state index contributed by atoms with van der Waals surface area (Å²) in [5.41, 5.74) is 0.256. The van der Waals surface area contributed by atoms with E-state index < -0.39 is 10.1 Å². The molecule has 0 aromatic heterocycles. The van der Waals surface area contributed by atoms with Gasteiger partial charge in [0.15, 0.2) is 0 Å². The van der Waals surface area contributed by atoms with Crippen molar-refractivity contribution in [3.05, 3.63) is 9.66 Å². The van der Waals surface area contributed by atoms with Crippen LogP contribution in [0.15, 0.2) is 9.66 Å². The van der Waals surface area contributed by atoms with E-state index >= 15 is 0 Å². The number of hydrogen-bond acceptors (Lipinski definition) is 2. The molecule has 1 atom stereocenters. The Balaban J connectivity index is 2.71. The Kier molecular flexibility index (Phi) is 3.37. The van der Waals surface area contributed by atoms with Crippen molar-refractivity contribution >= 4 is 5.97 Å². The molecule has 0 amide bonds. The summed E-state index contributed by atoms with van der Waals surface area (Å²) in [6.45, 7) is 0. The number of halogens is 2. The number of rotatable bonds is 1. The predicted octanol–water partition coefficient (Wildman–Crippen LogP) is -6.58. The predicted molar refractivity (Wildman–Crippen MR) is 26.6 cm³/mol.